The normalized spacial score (nSPS) is 16.3. The lowest BCUT2D eigenvalue weighted by Gasteiger charge is -2.31. The molecule has 1 aliphatic rings. The van der Waals surface area contributed by atoms with Gasteiger partial charge in [-0.05, 0) is 42.7 Å². The van der Waals surface area contributed by atoms with Gasteiger partial charge in [-0.3, -0.25) is 4.79 Å². The first-order chi connectivity index (χ1) is 12.8. The van der Waals surface area contributed by atoms with E-state index in [4.69, 9.17) is 0 Å². The Morgan fingerprint density at radius 3 is 2.33 bits per heavy atom. The van der Waals surface area contributed by atoms with Crippen molar-refractivity contribution >= 4 is 17.7 Å². The molecular weight excluding hydrogens is 380 g/mol. The van der Waals surface area contributed by atoms with Gasteiger partial charge in [-0.2, -0.15) is 13.2 Å². The SMILES string of the molecule is O=C(CSc1ccc(C(F)(F)F)cn1)NC1(c2ccc(F)cc2)CCCC1. The predicted molar refractivity (Wildman–Crippen MR) is 94.7 cm³/mol. The number of hydrogen-bond donors (Lipinski definition) is 1. The third kappa shape index (κ3) is 4.80. The lowest BCUT2D eigenvalue weighted by atomic mass is 9.88. The number of thioether (sulfide) groups is 1. The second kappa shape index (κ2) is 7.88. The Balaban J connectivity index is 1.63. The average molecular weight is 398 g/mol. The highest BCUT2D eigenvalue weighted by molar-refractivity contribution is 7.99. The Morgan fingerprint density at radius 1 is 1.11 bits per heavy atom. The van der Waals surface area contributed by atoms with Crippen LogP contribution in [0.4, 0.5) is 17.6 Å². The van der Waals surface area contributed by atoms with Crippen molar-refractivity contribution in [3.63, 3.8) is 0 Å². The van der Waals surface area contributed by atoms with Crippen LogP contribution in [-0.2, 0) is 16.5 Å². The molecule has 0 atom stereocenters. The largest absolute Gasteiger partial charge is 0.417 e. The Kier molecular flexibility index (Phi) is 5.74. The van der Waals surface area contributed by atoms with Crippen molar-refractivity contribution in [2.75, 3.05) is 5.75 Å². The minimum Gasteiger partial charge on any atom is -0.346 e. The number of alkyl halides is 3. The van der Waals surface area contributed by atoms with Gasteiger partial charge in [-0.25, -0.2) is 9.37 Å². The average Bonchev–Trinajstić information content (AvgIpc) is 3.09. The molecule has 1 saturated carbocycles. The third-order valence-electron chi connectivity index (χ3n) is 4.65. The molecule has 1 aromatic heterocycles. The van der Waals surface area contributed by atoms with Gasteiger partial charge in [0.05, 0.1) is 21.9 Å². The van der Waals surface area contributed by atoms with Gasteiger partial charge in [0, 0.05) is 6.20 Å². The smallest absolute Gasteiger partial charge is 0.346 e. The number of carbonyl (C=O) groups excluding carboxylic acids is 1. The molecule has 0 spiro atoms. The van der Waals surface area contributed by atoms with Crippen LogP contribution in [-0.4, -0.2) is 16.6 Å². The molecule has 1 amide bonds. The van der Waals surface area contributed by atoms with Gasteiger partial charge in [-0.15, -0.1) is 0 Å². The third-order valence-corrected chi connectivity index (χ3v) is 5.59. The zero-order valence-electron chi connectivity index (χ0n) is 14.4. The molecule has 8 heteroatoms. The summed E-state index contributed by atoms with van der Waals surface area (Å²) in [6, 6.07) is 8.33. The summed E-state index contributed by atoms with van der Waals surface area (Å²) in [6.07, 6.45) is -0.202. The first-order valence-electron chi connectivity index (χ1n) is 8.52. The molecule has 0 saturated heterocycles. The molecule has 3 nitrogen and oxygen atoms in total. The first kappa shape index (κ1) is 19.7. The maximum absolute atomic E-state index is 13.2. The number of nitrogens with one attached hydrogen (secondary N) is 1. The summed E-state index contributed by atoms with van der Waals surface area (Å²) in [5, 5.41) is 3.39. The summed E-state index contributed by atoms with van der Waals surface area (Å²) in [4.78, 5) is 16.2. The number of aromatic nitrogens is 1. The van der Waals surface area contributed by atoms with Crippen LogP contribution < -0.4 is 5.32 Å². The van der Waals surface area contributed by atoms with Gasteiger partial charge in [0.15, 0.2) is 0 Å². The van der Waals surface area contributed by atoms with Crippen molar-refractivity contribution < 1.29 is 22.4 Å². The number of hydrogen-bond acceptors (Lipinski definition) is 3. The molecule has 0 unspecified atom stereocenters. The van der Waals surface area contributed by atoms with E-state index in [0.29, 0.717) is 5.03 Å². The van der Waals surface area contributed by atoms with E-state index < -0.39 is 17.3 Å². The summed E-state index contributed by atoms with van der Waals surface area (Å²) < 4.78 is 50.9. The minimum absolute atomic E-state index is 0.0430. The molecule has 3 rings (SSSR count). The summed E-state index contributed by atoms with van der Waals surface area (Å²) in [5.74, 6) is -0.517. The van der Waals surface area contributed by atoms with Crippen molar-refractivity contribution in [3.8, 4) is 0 Å². The van der Waals surface area contributed by atoms with Crippen LogP contribution in [0, 0.1) is 5.82 Å². The molecule has 1 N–H and O–H groups in total. The fourth-order valence-electron chi connectivity index (χ4n) is 3.31. The topological polar surface area (TPSA) is 42.0 Å². The van der Waals surface area contributed by atoms with Crippen molar-refractivity contribution in [2.24, 2.45) is 0 Å². The number of pyridine rings is 1. The minimum atomic E-state index is -4.43. The van der Waals surface area contributed by atoms with Crippen LogP contribution in [0.5, 0.6) is 0 Å². The highest BCUT2D eigenvalue weighted by atomic mass is 32.2. The van der Waals surface area contributed by atoms with Crippen LogP contribution >= 0.6 is 11.8 Å². The Bertz CT molecular complexity index is 785. The van der Waals surface area contributed by atoms with Crippen LogP contribution in [0.15, 0.2) is 47.6 Å². The van der Waals surface area contributed by atoms with Crippen molar-refractivity contribution in [1.82, 2.24) is 10.3 Å². The Labute approximate surface area is 158 Å². The van der Waals surface area contributed by atoms with Gasteiger partial charge >= 0.3 is 6.18 Å². The van der Waals surface area contributed by atoms with E-state index >= 15 is 0 Å². The lowest BCUT2D eigenvalue weighted by molar-refractivity contribution is -0.137. The second-order valence-electron chi connectivity index (χ2n) is 6.52. The van der Waals surface area contributed by atoms with E-state index in [2.05, 4.69) is 10.3 Å². The van der Waals surface area contributed by atoms with Crippen molar-refractivity contribution in [3.05, 3.63) is 59.5 Å². The molecule has 1 fully saturated rings. The van der Waals surface area contributed by atoms with Crippen LogP contribution in [0.1, 0.15) is 36.8 Å². The molecule has 1 aromatic carbocycles. The summed E-state index contributed by atoms with van der Waals surface area (Å²) in [5.41, 5.74) is -0.469. The quantitative estimate of drug-likeness (QED) is 0.574. The van der Waals surface area contributed by atoms with Crippen LogP contribution in [0.3, 0.4) is 0 Å². The summed E-state index contributed by atoms with van der Waals surface area (Å²) in [6.45, 7) is 0. The number of benzene rings is 1. The standard InChI is InChI=1S/C19H18F4N2OS/c20-15-6-3-13(4-7-15)18(9-1-2-10-18)25-16(26)12-27-17-8-5-14(11-24-17)19(21,22)23/h3-8,11H,1-2,9-10,12H2,(H,25,26). The fourth-order valence-corrected chi connectivity index (χ4v) is 3.95. The number of carbonyl (C=O) groups is 1. The predicted octanol–water partition coefficient (Wildman–Crippen LogP) is 4.92. The highest BCUT2D eigenvalue weighted by Gasteiger charge is 2.37. The maximum atomic E-state index is 13.2. The van der Waals surface area contributed by atoms with Gasteiger partial charge < -0.3 is 5.32 Å². The number of amides is 1. The van der Waals surface area contributed by atoms with Gasteiger partial charge in [-0.1, -0.05) is 36.7 Å². The molecule has 0 radical (unpaired) electrons. The second-order valence-corrected chi connectivity index (χ2v) is 7.51. The zero-order valence-corrected chi connectivity index (χ0v) is 15.2. The Morgan fingerprint density at radius 2 is 1.78 bits per heavy atom. The van der Waals surface area contributed by atoms with E-state index in [0.717, 1.165) is 55.3 Å². The van der Waals surface area contributed by atoms with E-state index in [9.17, 15) is 22.4 Å². The number of nitrogens with zero attached hydrogens (tertiary/aromatic N) is 1. The molecule has 0 aliphatic heterocycles. The summed E-state index contributed by atoms with van der Waals surface area (Å²) >= 11 is 1.08. The molecule has 2 aromatic rings. The summed E-state index contributed by atoms with van der Waals surface area (Å²) in [7, 11) is 0. The van der Waals surface area contributed by atoms with Gasteiger partial charge in [0.1, 0.15) is 5.82 Å². The lowest BCUT2D eigenvalue weighted by Crippen LogP contribution is -2.44. The van der Waals surface area contributed by atoms with Crippen molar-refractivity contribution in [1.29, 1.82) is 0 Å². The molecule has 144 valence electrons. The molecular formula is C19H18F4N2OS. The maximum Gasteiger partial charge on any atom is 0.417 e. The van der Waals surface area contributed by atoms with E-state index in [1.807, 2.05) is 0 Å². The molecule has 0 bridgehead atoms. The number of halogens is 4. The molecule has 1 aliphatic carbocycles. The Hall–Kier alpha value is -2.09. The molecule has 1 heterocycles. The number of rotatable bonds is 5. The van der Waals surface area contributed by atoms with Gasteiger partial charge in [0.2, 0.25) is 5.91 Å². The zero-order chi connectivity index (χ0) is 19.5. The van der Waals surface area contributed by atoms with Crippen molar-refractivity contribution in [2.45, 2.75) is 42.4 Å². The van der Waals surface area contributed by atoms with Crippen LogP contribution in [0.25, 0.3) is 0 Å². The van der Waals surface area contributed by atoms with Crippen LogP contribution in [0.2, 0.25) is 0 Å². The highest BCUT2D eigenvalue weighted by Crippen LogP contribution is 2.39. The molecule has 27 heavy (non-hydrogen) atoms. The van der Waals surface area contributed by atoms with E-state index in [1.165, 1.54) is 18.2 Å². The first-order valence-corrected chi connectivity index (χ1v) is 9.50. The van der Waals surface area contributed by atoms with Gasteiger partial charge in [0.25, 0.3) is 0 Å². The van der Waals surface area contributed by atoms with E-state index in [1.54, 1.807) is 12.1 Å². The monoisotopic (exact) mass is 398 g/mol. The van der Waals surface area contributed by atoms with E-state index in [-0.39, 0.29) is 17.5 Å². The fraction of sp³-hybridized carbons (Fsp3) is 0.368.